The molecule has 118 valence electrons. The second-order valence-electron chi connectivity index (χ2n) is 5.54. The standard InChI is InChI=1S/C16H25FN2O2/c1-10(2)9-13(16(20)18-4)19-11(3)15-12(17)7-6-8-14(15)21-5/h6-8,10-11,13,19H,9H2,1-5H3,(H,18,20). The predicted molar refractivity (Wildman–Crippen MR) is 81.8 cm³/mol. The number of hydrogen-bond acceptors (Lipinski definition) is 3. The lowest BCUT2D eigenvalue weighted by Gasteiger charge is -2.25. The van der Waals surface area contributed by atoms with Crippen molar-refractivity contribution in [2.24, 2.45) is 5.92 Å². The number of nitrogens with one attached hydrogen (secondary N) is 2. The van der Waals surface area contributed by atoms with Crippen molar-refractivity contribution in [3.05, 3.63) is 29.6 Å². The van der Waals surface area contributed by atoms with Gasteiger partial charge in [-0.2, -0.15) is 0 Å². The molecule has 0 spiro atoms. The molecule has 2 unspecified atom stereocenters. The third-order valence-corrected chi connectivity index (χ3v) is 3.39. The fourth-order valence-electron chi connectivity index (χ4n) is 2.40. The van der Waals surface area contributed by atoms with Crippen LogP contribution in [-0.2, 0) is 4.79 Å². The van der Waals surface area contributed by atoms with Gasteiger partial charge in [-0.05, 0) is 31.4 Å². The lowest BCUT2D eigenvalue weighted by atomic mass is 10.00. The number of rotatable bonds is 7. The molecule has 0 aliphatic heterocycles. The molecule has 2 N–H and O–H groups in total. The molecular formula is C16H25FN2O2. The largest absolute Gasteiger partial charge is 0.496 e. The number of halogens is 1. The molecule has 1 amide bonds. The number of hydrogen-bond donors (Lipinski definition) is 2. The number of ether oxygens (including phenoxy) is 1. The van der Waals surface area contributed by atoms with E-state index in [1.165, 1.54) is 13.2 Å². The molecule has 0 saturated heterocycles. The second-order valence-corrected chi connectivity index (χ2v) is 5.54. The van der Waals surface area contributed by atoms with Gasteiger partial charge in [0.15, 0.2) is 0 Å². The van der Waals surface area contributed by atoms with Crippen LogP contribution in [0.2, 0.25) is 0 Å². The summed E-state index contributed by atoms with van der Waals surface area (Å²) in [5.74, 6) is 0.408. The first kappa shape index (κ1) is 17.4. The summed E-state index contributed by atoms with van der Waals surface area (Å²) >= 11 is 0. The number of benzene rings is 1. The third kappa shape index (κ3) is 4.70. The Balaban J connectivity index is 2.96. The Bertz CT molecular complexity index is 477. The molecule has 5 heteroatoms. The van der Waals surface area contributed by atoms with E-state index in [1.54, 1.807) is 19.2 Å². The van der Waals surface area contributed by atoms with Crippen molar-refractivity contribution in [1.29, 1.82) is 0 Å². The molecule has 0 radical (unpaired) electrons. The Morgan fingerprint density at radius 3 is 2.52 bits per heavy atom. The highest BCUT2D eigenvalue weighted by Gasteiger charge is 2.24. The molecule has 21 heavy (non-hydrogen) atoms. The van der Waals surface area contributed by atoms with Crippen molar-refractivity contribution in [3.63, 3.8) is 0 Å². The first-order chi connectivity index (χ1) is 9.90. The van der Waals surface area contributed by atoms with Gasteiger partial charge in [-0.1, -0.05) is 19.9 Å². The van der Waals surface area contributed by atoms with E-state index in [0.717, 1.165) is 0 Å². The predicted octanol–water partition coefficient (Wildman–Crippen LogP) is 2.65. The Kier molecular flexibility index (Phi) is 6.62. The molecule has 0 aliphatic rings. The lowest BCUT2D eigenvalue weighted by molar-refractivity contribution is -0.123. The first-order valence-electron chi connectivity index (χ1n) is 7.20. The van der Waals surface area contributed by atoms with Crippen molar-refractivity contribution < 1.29 is 13.9 Å². The summed E-state index contributed by atoms with van der Waals surface area (Å²) in [7, 11) is 3.11. The molecule has 0 bridgehead atoms. The van der Waals surface area contributed by atoms with E-state index in [-0.39, 0.29) is 23.8 Å². The Labute approximate surface area is 126 Å². The van der Waals surface area contributed by atoms with Crippen molar-refractivity contribution in [3.8, 4) is 5.75 Å². The van der Waals surface area contributed by atoms with Crippen molar-refractivity contribution in [2.75, 3.05) is 14.2 Å². The van der Waals surface area contributed by atoms with E-state index in [0.29, 0.717) is 23.7 Å². The van der Waals surface area contributed by atoms with Crippen LogP contribution >= 0.6 is 0 Å². The summed E-state index contributed by atoms with van der Waals surface area (Å²) in [6.07, 6.45) is 0.681. The molecule has 0 heterocycles. The molecule has 2 atom stereocenters. The van der Waals surface area contributed by atoms with E-state index in [1.807, 2.05) is 20.8 Å². The van der Waals surface area contributed by atoms with Gasteiger partial charge < -0.3 is 10.1 Å². The molecule has 1 aromatic rings. The summed E-state index contributed by atoms with van der Waals surface area (Å²) in [5, 5.41) is 5.84. The maximum absolute atomic E-state index is 14.1. The van der Waals surface area contributed by atoms with Gasteiger partial charge in [-0.25, -0.2) is 4.39 Å². The number of amides is 1. The number of likely N-dealkylation sites (N-methyl/N-ethyl adjacent to an activating group) is 1. The topological polar surface area (TPSA) is 50.4 Å². The van der Waals surface area contributed by atoms with Gasteiger partial charge in [0.25, 0.3) is 0 Å². The van der Waals surface area contributed by atoms with Gasteiger partial charge in [0.2, 0.25) is 5.91 Å². The summed E-state index contributed by atoms with van der Waals surface area (Å²) in [6.45, 7) is 5.93. The molecule has 1 rings (SSSR count). The molecule has 0 fully saturated rings. The van der Waals surface area contributed by atoms with Gasteiger partial charge in [0, 0.05) is 18.7 Å². The van der Waals surface area contributed by atoms with Crippen LogP contribution in [0.3, 0.4) is 0 Å². The van der Waals surface area contributed by atoms with Crippen LogP contribution in [0.1, 0.15) is 38.8 Å². The molecule has 0 saturated carbocycles. The molecule has 1 aromatic carbocycles. The average molecular weight is 296 g/mol. The highest BCUT2D eigenvalue weighted by Crippen LogP contribution is 2.28. The van der Waals surface area contributed by atoms with E-state index in [9.17, 15) is 9.18 Å². The SMILES string of the molecule is CNC(=O)C(CC(C)C)NC(C)c1c(F)cccc1OC. The number of methoxy groups -OCH3 is 1. The van der Waals surface area contributed by atoms with Crippen LogP contribution in [0.5, 0.6) is 5.75 Å². The summed E-state index contributed by atoms with van der Waals surface area (Å²) in [4.78, 5) is 12.0. The van der Waals surface area contributed by atoms with E-state index >= 15 is 0 Å². The molecule has 4 nitrogen and oxygen atoms in total. The van der Waals surface area contributed by atoms with Crippen molar-refractivity contribution in [1.82, 2.24) is 10.6 Å². The Morgan fingerprint density at radius 2 is 2.00 bits per heavy atom. The fraction of sp³-hybridized carbons (Fsp3) is 0.562. The summed E-state index contributed by atoms with van der Waals surface area (Å²) in [6, 6.07) is 4.02. The second kappa shape index (κ2) is 7.98. The van der Waals surface area contributed by atoms with Crippen LogP contribution in [0, 0.1) is 11.7 Å². The minimum atomic E-state index is -0.366. The number of carbonyl (C=O) groups excluding carboxylic acids is 1. The zero-order chi connectivity index (χ0) is 16.0. The first-order valence-corrected chi connectivity index (χ1v) is 7.20. The normalized spacial score (nSPS) is 13.9. The van der Waals surface area contributed by atoms with Crippen molar-refractivity contribution >= 4 is 5.91 Å². The third-order valence-electron chi connectivity index (χ3n) is 3.39. The Morgan fingerprint density at radius 1 is 1.33 bits per heavy atom. The van der Waals surface area contributed by atoms with Gasteiger partial charge in [0.05, 0.1) is 13.2 Å². The minimum absolute atomic E-state index is 0.0918. The van der Waals surface area contributed by atoms with E-state index in [4.69, 9.17) is 4.74 Å². The van der Waals surface area contributed by atoms with Crippen molar-refractivity contribution in [2.45, 2.75) is 39.3 Å². The van der Waals surface area contributed by atoms with Crippen LogP contribution in [0.4, 0.5) is 4.39 Å². The molecule has 0 aliphatic carbocycles. The van der Waals surface area contributed by atoms with Gasteiger partial charge in [-0.3, -0.25) is 10.1 Å². The average Bonchev–Trinajstić information content (AvgIpc) is 2.44. The zero-order valence-electron chi connectivity index (χ0n) is 13.4. The van der Waals surface area contributed by atoms with Crippen LogP contribution in [-0.4, -0.2) is 26.1 Å². The lowest BCUT2D eigenvalue weighted by Crippen LogP contribution is -2.44. The number of carbonyl (C=O) groups is 1. The fourth-order valence-corrected chi connectivity index (χ4v) is 2.40. The molecular weight excluding hydrogens is 271 g/mol. The highest BCUT2D eigenvalue weighted by molar-refractivity contribution is 5.81. The monoisotopic (exact) mass is 296 g/mol. The van der Waals surface area contributed by atoms with E-state index in [2.05, 4.69) is 10.6 Å². The maximum atomic E-state index is 14.1. The quantitative estimate of drug-likeness (QED) is 0.813. The summed E-state index contributed by atoms with van der Waals surface area (Å²) < 4.78 is 19.3. The smallest absolute Gasteiger partial charge is 0.236 e. The summed E-state index contributed by atoms with van der Waals surface area (Å²) in [5.41, 5.74) is 0.442. The maximum Gasteiger partial charge on any atom is 0.236 e. The van der Waals surface area contributed by atoms with Crippen LogP contribution < -0.4 is 15.4 Å². The minimum Gasteiger partial charge on any atom is -0.496 e. The molecule has 0 aromatic heterocycles. The van der Waals surface area contributed by atoms with Crippen LogP contribution in [0.15, 0.2) is 18.2 Å². The highest BCUT2D eigenvalue weighted by atomic mass is 19.1. The zero-order valence-corrected chi connectivity index (χ0v) is 13.4. The Hall–Kier alpha value is -1.62. The van der Waals surface area contributed by atoms with Gasteiger partial charge in [0.1, 0.15) is 11.6 Å². The van der Waals surface area contributed by atoms with Gasteiger partial charge in [-0.15, -0.1) is 0 Å². The van der Waals surface area contributed by atoms with Gasteiger partial charge >= 0.3 is 0 Å². The van der Waals surface area contributed by atoms with Crippen LogP contribution in [0.25, 0.3) is 0 Å². The van der Waals surface area contributed by atoms with E-state index < -0.39 is 0 Å².